The van der Waals surface area contributed by atoms with E-state index in [0.717, 1.165) is 33.5 Å². The second-order valence-corrected chi connectivity index (χ2v) is 12.1. The Morgan fingerprint density at radius 1 is 0.769 bits per heavy atom. The van der Waals surface area contributed by atoms with E-state index in [9.17, 15) is 14.4 Å². The normalized spacial score (nSPS) is 26.3. The summed E-state index contributed by atoms with van der Waals surface area (Å²) in [6.07, 6.45) is 2.36. The molecule has 1 heterocycles. The molecule has 4 aliphatic rings. The zero-order chi connectivity index (χ0) is 27.5. The summed E-state index contributed by atoms with van der Waals surface area (Å²) in [5.41, 5.74) is 6.32. The van der Waals surface area contributed by atoms with Crippen molar-refractivity contribution >= 4 is 46.6 Å². The quantitative estimate of drug-likeness (QED) is 0.206. The molecule has 1 N–H and O–H groups in total. The van der Waals surface area contributed by atoms with Gasteiger partial charge in [0.2, 0.25) is 17.7 Å². The molecule has 2 bridgehead atoms. The van der Waals surface area contributed by atoms with Crippen molar-refractivity contribution in [2.45, 2.75) is 49.3 Å². The van der Waals surface area contributed by atoms with Gasteiger partial charge in [0.25, 0.3) is 0 Å². The molecule has 0 aromatic heterocycles. The summed E-state index contributed by atoms with van der Waals surface area (Å²) in [5, 5.41) is 2.95. The fraction of sp³-hybridized carbons (Fsp3) is 0.344. The minimum atomic E-state index is -1.15. The van der Waals surface area contributed by atoms with E-state index in [0.29, 0.717) is 25.7 Å². The van der Waals surface area contributed by atoms with Crippen LogP contribution in [0.15, 0.2) is 66.7 Å². The minimum absolute atomic E-state index is 0.0436. The van der Waals surface area contributed by atoms with E-state index in [1.807, 2.05) is 80.6 Å². The summed E-state index contributed by atoms with van der Waals surface area (Å²) < 4.78 is 0. The van der Waals surface area contributed by atoms with E-state index in [1.165, 1.54) is 10.5 Å². The first-order valence-corrected chi connectivity index (χ1v) is 14.2. The molecular formula is C32H30Cl2N2O3. The highest BCUT2D eigenvalue weighted by atomic mass is 35.5. The molecule has 39 heavy (non-hydrogen) atoms. The lowest BCUT2D eigenvalue weighted by molar-refractivity contribution is -0.140. The van der Waals surface area contributed by atoms with Crippen molar-refractivity contribution < 1.29 is 14.4 Å². The third-order valence-electron chi connectivity index (χ3n) is 8.75. The molecule has 3 aromatic carbocycles. The van der Waals surface area contributed by atoms with Gasteiger partial charge in [-0.25, -0.2) is 0 Å². The Hall–Kier alpha value is -3.15. The van der Waals surface area contributed by atoms with E-state index in [1.54, 1.807) is 0 Å². The van der Waals surface area contributed by atoms with Crippen molar-refractivity contribution in [2.24, 2.45) is 11.8 Å². The fourth-order valence-corrected chi connectivity index (χ4v) is 7.82. The van der Waals surface area contributed by atoms with Gasteiger partial charge < -0.3 is 5.32 Å². The second kappa shape index (κ2) is 9.50. The Morgan fingerprint density at radius 2 is 1.28 bits per heavy atom. The molecule has 5 nitrogen and oxygen atoms in total. The van der Waals surface area contributed by atoms with E-state index < -0.39 is 21.6 Å². The Labute approximate surface area is 238 Å². The molecule has 3 amide bonds. The monoisotopic (exact) mass is 560 g/mol. The van der Waals surface area contributed by atoms with E-state index in [2.05, 4.69) is 5.32 Å². The van der Waals surface area contributed by atoms with Crippen molar-refractivity contribution in [2.75, 3.05) is 11.9 Å². The minimum Gasteiger partial charge on any atom is -0.326 e. The van der Waals surface area contributed by atoms with Crippen molar-refractivity contribution in [3.05, 3.63) is 100 Å². The number of aryl methyl sites for hydroxylation is 2. The van der Waals surface area contributed by atoms with Crippen LogP contribution in [0.1, 0.15) is 59.1 Å². The number of nitrogens with zero attached hydrogens (tertiary/aromatic N) is 1. The molecule has 200 valence electrons. The number of imide groups is 1. The van der Waals surface area contributed by atoms with Crippen LogP contribution in [0.3, 0.4) is 0 Å². The van der Waals surface area contributed by atoms with Crippen LogP contribution in [0.25, 0.3) is 0 Å². The summed E-state index contributed by atoms with van der Waals surface area (Å²) in [5.74, 6) is -2.10. The van der Waals surface area contributed by atoms with Crippen LogP contribution in [-0.2, 0) is 24.1 Å². The molecule has 2 atom stereocenters. The molecule has 7 rings (SSSR count). The highest BCUT2D eigenvalue weighted by molar-refractivity contribution is 6.36. The molecule has 0 saturated carbocycles. The highest BCUT2D eigenvalue weighted by Crippen LogP contribution is 2.69. The van der Waals surface area contributed by atoms with Crippen molar-refractivity contribution in [3.63, 3.8) is 0 Å². The Balaban J connectivity index is 1.15. The summed E-state index contributed by atoms with van der Waals surface area (Å²) in [6, 6.07) is 21.2. The number of unbranched alkanes of at least 4 members (excludes halogenated alkanes) is 2. The summed E-state index contributed by atoms with van der Waals surface area (Å²) >= 11 is 14.9. The average Bonchev–Trinajstić information content (AvgIpc) is 3.19. The largest absolute Gasteiger partial charge is 0.326 e. The molecule has 1 aliphatic heterocycles. The molecule has 0 unspecified atom stereocenters. The van der Waals surface area contributed by atoms with Crippen LogP contribution in [-0.4, -0.2) is 29.2 Å². The first-order valence-electron chi connectivity index (χ1n) is 13.5. The zero-order valence-electron chi connectivity index (χ0n) is 22.0. The number of carbonyl (C=O) groups is 3. The lowest BCUT2D eigenvalue weighted by atomic mass is 9.54. The number of amides is 3. The van der Waals surface area contributed by atoms with Crippen LogP contribution in [0.5, 0.6) is 0 Å². The molecule has 1 fully saturated rings. The van der Waals surface area contributed by atoms with E-state index in [4.69, 9.17) is 23.2 Å². The summed E-state index contributed by atoms with van der Waals surface area (Å²) in [6.45, 7) is 4.34. The first-order chi connectivity index (χ1) is 18.7. The summed E-state index contributed by atoms with van der Waals surface area (Å²) in [7, 11) is 0. The van der Waals surface area contributed by atoms with Gasteiger partial charge in [-0.1, -0.05) is 61.0 Å². The highest BCUT2D eigenvalue weighted by Gasteiger charge is 2.72. The number of halogens is 2. The van der Waals surface area contributed by atoms with Crippen molar-refractivity contribution in [1.82, 2.24) is 4.90 Å². The van der Waals surface area contributed by atoms with Gasteiger partial charge >= 0.3 is 0 Å². The standard InChI is InChI=1S/C32H30Cl2N2O3/c1-19-15-16-21(18-20(19)2)35-26(37)14-4-3-9-17-36-29(38)27-28(30(36)39)32(34)23-11-6-5-10-22(23)31(27,33)24-12-7-8-13-25(24)32/h5-8,10-13,15-16,18,27-28H,3-4,9,14,17H2,1-2H3,(H,35,37)/t27-,28-,31?,32?/m1/s1. The molecule has 0 radical (unpaired) electrons. The number of anilines is 1. The third kappa shape index (κ3) is 3.77. The van der Waals surface area contributed by atoms with Crippen LogP contribution in [0, 0.1) is 25.7 Å². The number of rotatable bonds is 7. The predicted molar refractivity (Wildman–Crippen MR) is 153 cm³/mol. The second-order valence-electron chi connectivity index (χ2n) is 11.0. The number of carbonyl (C=O) groups excluding carboxylic acids is 3. The van der Waals surface area contributed by atoms with E-state index in [-0.39, 0.29) is 24.3 Å². The third-order valence-corrected chi connectivity index (χ3v) is 10.0. The fourth-order valence-electron chi connectivity index (χ4n) is 6.72. The lowest BCUT2D eigenvalue weighted by Crippen LogP contribution is -2.57. The van der Waals surface area contributed by atoms with E-state index >= 15 is 0 Å². The van der Waals surface area contributed by atoms with Crippen molar-refractivity contribution in [1.29, 1.82) is 0 Å². The lowest BCUT2D eigenvalue weighted by Gasteiger charge is -2.54. The maximum Gasteiger partial charge on any atom is 0.235 e. The molecular weight excluding hydrogens is 531 g/mol. The van der Waals surface area contributed by atoms with Crippen LogP contribution in [0.2, 0.25) is 0 Å². The van der Waals surface area contributed by atoms with Gasteiger partial charge in [0, 0.05) is 18.7 Å². The van der Waals surface area contributed by atoms with Gasteiger partial charge in [0.05, 0.1) is 11.8 Å². The van der Waals surface area contributed by atoms with Gasteiger partial charge in [-0.15, -0.1) is 23.2 Å². The predicted octanol–water partition coefficient (Wildman–Crippen LogP) is 6.40. The number of hydrogen-bond donors (Lipinski definition) is 1. The Bertz CT molecular complexity index is 1400. The molecule has 0 spiro atoms. The van der Waals surface area contributed by atoms with Crippen LogP contribution >= 0.6 is 23.2 Å². The Kier molecular flexibility index (Phi) is 6.35. The summed E-state index contributed by atoms with van der Waals surface area (Å²) in [4.78, 5) is 39.1. The molecule has 1 saturated heterocycles. The maximum atomic E-state index is 13.8. The number of likely N-dealkylation sites (tertiary alicyclic amines) is 1. The topological polar surface area (TPSA) is 66.5 Å². The molecule has 3 aliphatic carbocycles. The number of alkyl halides is 2. The number of hydrogen-bond acceptors (Lipinski definition) is 3. The first kappa shape index (κ1) is 26.1. The van der Waals surface area contributed by atoms with Crippen LogP contribution in [0.4, 0.5) is 5.69 Å². The number of benzene rings is 3. The van der Waals surface area contributed by atoms with Gasteiger partial charge in [0.15, 0.2) is 0 Å². The van der Waals surface area contributed by atoms with Gasteiger partial charge in [-0.05, 0) is 72.2 Å². The smallest absolute Gasteiger partial charge is 0.235 e. The maximum absolute atomic E-state index is 13.8. The molecule has 3 aromatic rings. The van der Waals surface area contributed by atoms with Gasteiger partial charge in [-0.2, -0.15) is 0 Å². The molecule has 7 heteroatoms. The Morgan fingerprint density at radius 3 is 1.77 bits per heavy atom. The SMILES string of the molecule is Cc1ccc(NC(=O)CCCCCN2C(=O)[C@H]3[C@H](C2=O)C2(Cl)c4ccccc4C3(Cl)c3ccccc32)cc1C. The zero-order valence-corrected chi connectivity index (χ0v) is 23.5. The number of nitrogens with one attached hydrogen (secondary N) is 1. The van der Waals surface area contributed by atoms with Crippen LogP contribution < -0.4 is 5.32 Å². The van der Waals surface area contributed by atoms with Gasteiger partial charge in [0.1, 0.15) is 9.75 Å². The average molecular weight is 562 g/mol. The van der Waals surface area contributed by atoms with Crippen molar-refractivity contribution in [3.8, 4) is 0 Å². The van der Waals surface area contributed by atoms with Gasteiger partial charge in [-0.3, -0.25) is 19.3 Å².